The van der Waals surface area contributed by atoms with E-state index in [0.29, 0.717) is 10.8 Å². The maximum atomic E-state index is 11.0. The smallest absolute Gasteiger partial charge is 1.00 e. The standard InChI is InChI=1S/C10H8O4S.K.H/c11-9-5-6-10(15(12,13)14)8-4-2-1-3-7(8)9;;/h1-6,11H,(H,12,13,14);;/q;+1;-1. The average Bonchev–Trinajstić information content (AvgIpc) is 2.17. The molecule has 0 aliphatic carbocycles. The molecule has 0 atom stereocenters. The number of rotatable bonds is 1. The van der Waals surface area contributed by atoms with Crippen LogP contribution in [0.5, 0.6) is 5.75 Å². The first-order valence-electron chi connectivity index (χ1n) is 4.18. The number of phenolic OH excluding ortho intramolecular Hbond substituents is 1. The van der Waals surface area contributed by atoms with Crippen LogP contribution in [0.15, 0.2) is 41.3 Å². The molecule has 2 aromatic carbocycles. The molecule has 0 saturated carbocycles. The Labute approximate surface area is 137 Å². The Kier molecular flexibility index (Phi) is 4.53. The Morgan fingerprint density at radius 3 is 2.12 bits per heavy atom. The van der Waals surface area contributed by atoms with E-state index >= 15 is 0 Å². The van der Waals surface area contributed by atoms with Gasteiger partial charge in [-0.1, -0.05) is 24.3 Å². The molecule has 0 spiro atoms. The molecule has 0 fully saturated rings. The normalized spacial score (nSPS) is 11.1. The summed E-state index contributed by atoms with van der Waals surface area (Å²) in [5, 5.41) is 10.2. The number of hydrogen-bond donors (Lipinski definition) is 2. The van der Waals surface area contributed by atoms with Crippen molar-refractivity contribution in [3.05, 3.63) is 36.4 Å². The summed E-state index contributed by atoms with van der Waals surface area (Å²) in [5.74, 6) is -0.0157. The van der Waals surface area contributed by atoms with E-state index in [2.05, 4.69) is 0 Å². The molecule has 2 rings (SSSR count). The van der Waals surface area contributed by atoms with Crippen LogP contribution >= 0.6 is 0 Å². The fourth-order valence-corrected chi connectivity index (χ4v) is 2.18. The van der Waals surface area contributed by atoms with Gasteiger partial charge in [0.15, 0.2) is 0 Å². The molecule has 0 bridgehead atoms. The zero-order valence-corrected chi connectivity index (χ0v) is 12.5. The van der Waals surface area contributed by atoms with Gasteiger partial charge in [0.25, 0.3) is 10.1 Å². The Hall–Kier alpha value is 0.0464. The third-order valence-electron chi connectivity index (χ3n) is 2.14. The number of hydrogen-bond acceptors (Lipinski definition) is 3. The van der Waals surface area contributed by atoms with Crippen LogP contribution < -0.4 is 51.4 Å². The van der Waals surface area contributed by atoms with Gasteiger partial charge in [0.05, 0.1) is 0 Å². The van der Waals surface area contributed by atoms with Gasteiger partial charge in [-0.3, -0.25) is 4.55 Å². The van der Waals surface area contributed by atoms with Crippen molar-refractivity contribution in [1.82, 2.24) is 0 Å². The third-order valence-corrected chi connectivity index (χ3v) is 3.05. The van der Waals surface area contributed by atoms with E-state index in [1.807, 2.05) is 0 Å². The predicted molar refractivity (Wildman–Crippen MR) is 56.5 cm³/mol. The second-order valence-corrected chi connectivity index (χ2v) is 4.49. The molecule has 2 N–H and O–H groups in total. The van der Waals surface area contributed by atoms with Crippen LogP contribution in [0.2, 0.25) is 0 Å². The van der Waals surface area contributed by atoms with Gasteiger partial charge < -0.3 is 6.53 Å². The van der Waals surface area contributed by atoms with Crippen LogP contribution in [0.3, 0.4) is 0 Å². The monoisotopic (exact) mass is 264 g/mol. The minimum absolute atomic E-state index is 0. The topological polar surface area (TPSA) is 74.6 Å². The summed E-state index contributed by atoms with van der Waals surface area (Å²) in [6, 6.07) is 8.84. The summed E-state index contributed by atoms with van der Waals surface area (Å²) >= 11 is 0. The minimum atomic E-state index is -4.26. The second kappa shape index (κ2) is 5.13. The Balaban J connectivity index is 0.00000128. The van der Waals surface area contributed by atoms with Gasteiger partial charge in [0, 0.05) is 10.8 Å². The van der Waals surface area contributed by atoms with Gasteiger partial charge in [0.2, 0.25) is 0 Å². The van der Waals surface area contributed by atoms with Crippen LogP contribution in [0.1, 0.15) is 1.43 Å². The van der Waals surface area contributed by atoms with E-state index in [-0.39, 0.29) is 63.5 Å². The molecule has 6 heteroatoms. The molecular formula is C10H9KO4S. The number of aromatic hydroxyl groups is 1. The quantitative estimate of drug-likeness (QED) is 0.507. The van der Waals surface area contributed by atoms with Crippen molar-refractivity contribution in [3.63, 3.8) is 0 Å². The van der Waals surface area contributed by atoms with E-state index in [1.165, 1.54) is 18.2 Å². The molecule has 0 aliphatic rings. The summed E-state index contributed by atoms with van der Waals surface area (Å²) in [5.41, 5.74) is 0. The minimum Gasteiger partial charge on any atom is -1.00 e. The number of phenols is 1. The second-order valence-electron chi connectivity index (χ2n) is 3.10. The molecule has 0 heterocycles. The molecular weight excluding hydrogens is 255 g/mol. The van der Waals surface area contributed by atoms with Crippen LogP contribution in [-0.2, 0) is 10.1 Å². The molecule has 16 heavy (non-hydrogen) atoms. The van der Waals surface area contributed by atoms with Gasteiger partial charge in [-0.05, 0) is 12.1 Å². The summed E-state index contributed by atoms with van der Waals surface area (Å²) in [4.78, 5) is -0.198. The fourth-order valence-electron chi connectivity index (χ4n) is 1.48. The number of benzene rings is 2. The van der Waals surface area contributed by atoms with Gasteiger partial charge in [-0.15, -0.1) is 0 Å². The van der Waals surface area contributed by atoms with Gasteiger partial charge >= 0.3 is 51.4 Å². The fraction of sp³-hybridized carbons (Fsp3) is 0. The Bertz CT molecular complexity index is 627. The van der Waals surface area contributed by atoms with Crippen molar-refractivity contribution in [2.24, 2.45) is 0 Å². The van der Waals surface area contributed by atoms with Crippen molar-refractivity contribution in [3.8, 4) is 5.75 Å². The zero-order chi connectivity index (χ0) is 11.1. The van der Waals surface area contributed by atoms with Crippen molar-refractivity contribution in [2.45, 2.75) is 4.90 Å². The molecule has 0 radical (unpaired) electrons. The molecule has 0 aliphatic heterocycles. The molecule has 0 amide bonds. The van der Waals surface area contributed by atoms with Crippen molar-refractivity contribution < 1.29 is 70.9 Å². The van der Waals surface area contributed by atoms with Crippen LogP contribution in [0.4, 0.5) is 0 Å². The maximum absolute atomic E-state index is 11.0. The van der Waals surface area contributed by atoms with E-state index in [9.17, 15) is 13.5 Å². The molecule has 80 valence electrons. The van der Waals surface area contributed by atoms with E-state index in [1.54, 1.807) is 18.2 Å². The summed E-state index contributed by atoms with van der Waals surface area (Å²) in [6.07, 6.45) is 0. The van der Waals surface area contributed by atoms with E-state index in [4.69, 9.17) is 4.55 Å². The van der Waals surface area contributed by atoms with Crippen LogP contribution in [-0.4, -0.2) is 18.1 Å². The largest absolute Gasteiger partial charge is 1.00 e. The van der Waals surface area contributed by atoms with Crippen LogP contribution in [0.25, 0.3) is 10.8 Å². The molecule has 0 unspecified atom stereocenters. The van der Waals surface area contributed by atoms with Crippen molar-refractivity contribution in [1.29, 1.82) is 0 Å². The first-order chi connectivity index (χ1) is 7.00. The Morgan fingerprint density at radius 2 is 1.56 bits per heavy atom. The average molecular weight is 264 g/mol. The first kappa shape index (κ1) is 14.1. The Morgan fingerprint density at radius 1 is 1.00 bits per heavy atom. The van der Waals surface area contributed by atoms with Crippen LogP contribution in [0, 0.1) is 0 Å². The molecule has 2 aromatic rings. The summed E-state index contributed by atoms with van der Waals surface area (Å²) in [7, 11) is -4.26. The van der Waals surface area contributed by atoms with Crippen molar-refractivity contribution >= 4 is 20.9 Å². The van der Waals surface area contributed by atoms with E-state index < -0.39 is 10.1 Å². The number of fused-ring (bicyclic) bond motifs is 1. The third kappa shape index (κ3) is 2.65. The van der Waals surface area contributed by atoms with Gasteiger partial charge in [0.1, 0.15) is 10.6 Å². The summed E-state index contributed by atoms with van der Waals surface area (Å²) < 4.78 is 31.0. The SMILES string of the molecule is O=S(=O)(O)c1ccc(O)c2ccccc12.[H-].[K+]. The molecule has 0 saturated heterocycles. The zero-order valence-electron chi connectivity index (χ0n) is 9.58. The van der Waals surface area contributed by atoms with Gasteiger partial charge in [-0.25, -0.2) is 0 Å². The molecule has 4 nitrogen and oxygen atoms in total. The first-order valence-corrected chi connectivity index (χ1v) is 5.62. The van der Waals surface area contributed by atoms with Crippen molar-refractivity contribution in [2.75, 3.05) is 0 Å². The van der Waals surface area contributed by atoms with E-state index in [0.717, 1.165) is 0 Å². The predicted octanol–water partition coefficient (Wildman–Crippen LogP) is -1.09. The van der Waals surface area contributed by atoms with Gasteiger partial charge in [-0.2, -0.15) is 8.42 Å². The summed E-state index contributed by atoms with van der Waals surface area (Å²) in [6.45, 7) is 0. The molecule has 0 aromatic heterocycles. The maximum Gasteiger partial charge on any atom is 1.00 e.